The molecular weight excluding hydrogens is 228 g/mol. The molecule has 0 aromatic heterocycles. The summed E-state index contributed by atoms with van der Waals surface area (Å²) in [6.07, 6.45) is 1.74. The van der Waals surface area contributed by atoms with Gasteiger partial charge in [0.1, 0.15) is 5.75 Å². The maximum absolute atomic E-state index is 11.3. The number of carbonyl (C=O) groups is 1. The summed E-state index contributed by atoms with van der Waals surface area (Å²) in [7, 11) is 1.66. The molecule has 4 heteroatoms. The lowest BCUT2D eigenvalue weighted by atomic mass is 9.95. The predicted molar refractivity (Wildman–Crippen MR) is 72.6 cm³/mol. The molecule has 3 N–H and O–H groups in total. The van der Waals surface area contributed by atoms with E-state index in [9.17, 15) is 4.79 Å². The second-order valence-corrected chi connectivity index (χ2v) is 4.99. The highest BCUT2D eigenvalue weighted by Crippen LogP contribution is 2.17. The number of hydrogen-bond donors (Lipinski definition) is 2. The van der Waals surface area contributed by atoms with Crippen molar-refractivity contribution in [2.75, 3.05) is 13.7 Å². The molecule has 0 fully saturated rings. The van der Waals surface area contributed by atoms with E-state index in [2.05, 4.69) is 11.4 Å². The van der Waals surface area contributed by atoms with Gasteiger partial charge in [0.05, 0.1) is 13.7 Å². The summed E-state index contributed by atoms with van der Waals surface area (Å²) in [6.45, 7) is 4.03. The van der Waals surface area contributed by atoms with Gasteiger partial charge in [-0.15, -0.1) is 0 Å². The predicted octanol–water partition coefficient (Wildman–Crippen LogP) is 1.48. The first-order chi connectivity index (χ1) is 8.46. The van der Waals surface area contributed by atoms with Crippen molar-refractivity contribution in [1.82, 2.24) is 5.32 Å². The molecule has 0 heterocycles. The van der Waals surface area contributed by atoms with Crippen LogP contribution in [-0.2, 0) is 11.2 Å². The van der Waals surface area contributed by atoms with Crippen molar-refractivity contribution in [2.45, 2.75) is 32.2 Å². The molecule has 0 aliphatic heterocycles. The molecule has 1 amide bonds. The zero-order valence-corrected chi connectivity index (χ0v) is 11.3. The van der Waals surface area contributed by atoms with Gasteiger partial charge in [-0.1, -0.05) is 12.1 Å². The molecule has 1 aromatic carbocycles. The van der Waals surface area contributed by atoms with Crippen molar-refractivity contribution in [3.63, 3.8) is 0 Å². The molecule has 1 rings (SSSR count). The Morgan fingerprint density at radius 2 is 2.17 bits per heavy atom. The fourth-order valence-electron chi connectivity index (χ4n) is 1.78. The van der Waals surface area contributed by atoms with Gasteiger partial charge >= 0.3 is 0 Å². The molecule has 1 aromatic rings. The van der Waals surface area contributed by atoms with Crippen molar-refractivity contribution in [3.05, 3.63) is 29.8 Å². The van der Waals surface area contributed by atoms with Crippen molar-refractivity contribution in [3.8, 4) is 5.75 Å². The Kier molecular flexibility index (Phi) is 5.16. The Labute approximate surface area is 109 Å². The third-order valence-electron chi connectivity index (χ3n) is 2.84. The van der Waals surface area contributed by atoms with Crippen LogP contribution in [0, 0.1) is 0 Å². The zero-order valence-electron chi connectivity index (χ0n) is 11.3. The quantitative estimate of drug-likeness (QED) is 0.804. The lowest BCUT2D eigenvalue weighted by Gasteiger charge is -2.26. The van der Waals surface area contributed by atoms with E-state index in [1.165, 1.54) is 5.56 Å². The Hall–Kier alpha value is -1.55. The highest BCUT2D eigenvalue weighted by molar-refractivity contribution is 5.78. The van der Waals surface area contributed by atoms with Gasteiger partial charge in [0, 0.05) is 5.54 Å². The summed E-state index contributed by atoms with van der Waals surface area (Å²) in [5.41, 5.74) is 6.24. The number of amides is 1. The first-order valence-electron chi connectivity index (χ1n) is 6.11. The average molecular weight is 250 g/mol. The number of methoxy groups -OCH3 is 1. The number of ether oxygens (including phenoxy) is 1. The Balaban J connectivity index is 2.55. The van der Waals surface area contributed by atoms with Crippen LogP contribution >= 0.6 is 0 Å². The number of benzene rings is 1. The lowest BCUT2D eigenvalue weighted by molar-refractivity contribution is -0.121. The number of nitrogens with one attached hydrogen (secondary N) is 1. The van der Waals surface area contributed by atoms with Crippen LogP contribution in [0.5, 0.6) is 5.75 Å². The van der Waals surface area contributed by atoms with Crippen LogP contribution < -0.4 is 15.8 Å². The molecule has 0 aliphatic rings. The van der Waals surface area contributed by atoms with Crippen molar-refractivity contribution in [2.24, 2.45) is 5.73 Å². The molecule has 0 atom stereocenters. The third-order valence-corrected chi connectivity index (χ3v) is 2.84. The van der Waals surface area contributed by atoms with Crippen LogP contribution in [0.2, 0.25) is 0 Å². The molecule has 0 bridgehead atoms. The normalized spacial score (nSPS) is 11.1. The number of rotatable bonds is 6. The summed E-state index contributed by atoms with van der Waals surface area (Å²) in [5, 5.41) is 2.91. The summed E-state index contributed by atoms with van der Waals surface area (Å²) in [4.78, 5) is 11.3. The standard InChI is InChI=1S/C14H22N2O2/c1-14(2,16-13(17)10-15)8-7-11-5-4-6-12(9-11)18-3/h4-6,9H,7-8,10,15H2,1-3H3,(H,16,17). The topological polar surface area (TPSA) is 64.3 Å². The van der Waals surface area contributed by atoms with Gasteiger partial charge in [0.25, 0.3) is 0 Å². The summed E-state index contributed by atoms with van der Waals surface area (Å²) >= 11 is 0. The largest absolute Gasteiger partial charge is 0.497 e. The summed E-state index contributed by atoms with van der Waals surface area (Å²) < 4.78 is 5.18. The van der Waals surface area contributed by atoms with Crippen LogP contribution in [-0.4, -0.2) is 25.1 Å². The molecule has 18 heavy (non-hydrogen) atoms. The van der Waals surface area contributed by atoms with Crippen LogP contribution in [0.1, 0.15) is 25.8 Å². The first-order valence-corrected chi connectivity index (χ1v) is 6.11. The van der Waals surface area contributed by atoms with Gasteiger partial charge in [-0.3, -0.25) is 4.79 Å². The third kappa shape index (κ3) is 4.75. The van der Waals surface area contributed by atoms with E-state index in [1.54, 1.807) is 7.11 Å². The molecule has 0 saturated heterocycles. The SMILES string of the molecule is COc1cccc(CCC(C)(C)NC(=O)CN)c1. The van der Waals surface area contributed by atoms with Crippen LogP contribution in [0.25, 0.3) is 0 Å². The number of carbonyl (C=O) groups excluding carboxylic acids is 1. The van der Waals surface area contributed by atoms with Gasteiger partial charge in [-0.05, 0) is 44.4 Å². The fraction of sp³-hybridized carbons (Fsp3) is 0.500. The van der Waals surface area contributed by atoms with Crippen LogP contribution in [0.15, 0.2) is 24.3 Å². The minimum absolute atomic E-state index is 0.0303. The van der Waals surface area contributed by atoms with Gasteiger partial charge < -0.3 is 15.8 Å². The Morgan fingerprint density at radius 3 is 2.78 bits per heavy atom. The minimum atomic E-state index is -0.250. The van der Waals surface area contributed by atoms with Crippen LogP contribution in [0.3, 0.4) is 0 Å². The molecule has 4 nitrogen and oxygen atoms in total. The highest BCUT2D eigenvalue weighted by Gasteiger charge is 2.19. The smallest absolute Gasteiger partial charge is 0.234 e. The van der Waals surface area contributed by atoms with Crippen molar-refractivity contribution in [1.29, 1.82) is 0 Å². The van der Waals surface area contributed by atoms with Crippen molar-refractivity contribution < 1.29 is 9.53 Å². The van der Waals surface area contributed by atoms with Crippen molar-refractivity contribution >= 4 is 5.91 Å². The van der Waals surface area contributed by atoms with E-state index in [1.807, 2.05) is 32.0 Å². The average Bonchev–Trinajstić information content (AvgIpc) is 2.36. The van der Waals surface area contributed by atoms with Gasteiger partial charge in [0.15, 0.2) is 0 Å². The molecule has 100 valence electrons. The number of nitrogens with two attached hydrogens (primary N) is 1. The Bertz CT molecular complexity index is 403. The van der Waals surface area contributed by atoms with Crippen LogP contribution in [0.4, 0.5) is 0 Å². The van der Waals surface area contributed by atoms with E-state index in [0.717, 1.165) is 18.6 Å². The maximum Gasteiger partial charge on any atom is 0.234 e. The number of aryl methyl sites for hydroxylation is 1. The Morgan fingerprint density at radius 1 is 1.44 bits per heavy atom. The van der Waals surface area contributed by atoms with E-state index < -0.39 is 0 Å². The van der Waals surface area contributed by atoms with E-state index >= 15 is 0 Å². The molecule has 0 saturated carbocycles. The fourth-order valence-corrected chi connectivity index (χ4v) is 1.78. The van der Waals surface area contributed by atoms with Gasteiger partial charge in [-0.25, -0.2) is 0 Å². The highest BCUT2D eigenvalue weighted by atomic mass is 16.5. The molecule has 0 spiro atoms. The maximum atomic E-state index is 11.3. The van der Waals surface area contributed by atoms with E-state index in [-0.39, 0.29) is 18.0 Å². The second kappa shape index (κ2) is 6.40. The minimum Gasteiger partial charge on any atom is -0.497 e. The zero-order chi connectivity index (χ0) is 13.6. The molecule has 0 unspecified atom stereocenters. The lowest BCUT2D eigenvalue weighted by Crippen LogP contribution is -2.46. The van der Waals surface area contributed by atoms with E-state index in [4.69, 9.17) is 10.5 Å². The first kappa shape index (κ1) is 14.5. The summed E-state index contributed by atoms with van der Waals surface area (Å²) in [5.74, 6) is 0.738. The molecule has 0 radical (unpaired) electrons. The molecular formula is C14H22N2O2. The molecule has 0 aliphatic carbocycles. The second-order valence-electron chi connectivity index (χ2n) is 4.99. The van der Waals surface area contributed by atoms with Gasteiger partial charge in [-0.2, -0.15) is 0 Å². The monoisotopic (exact) mass is 250 g/mol. The van der Waals surface area contributed by atoms with E-state index in [0.29, 0.717) is 0 Å². The van der Waals surface area contributed by atoms with Gasteiger partial charge in [0.2, 0.25) is 5.91 Å². The summed E-state index contributed by atoms with van der Waals surface area (Å²) in [6, 6.07) is 7.97. The number of hydrogen-bond acceptors (Lipinski definition) is 3.